The van der Waals surface area contributed by atoms with Gasteiger partial charge in [0.1, 0.15) is 12.1 Å². The van der Waals surface area contributed by atoms with Gasteiger partial charge >= 0.3 is 5.97 Å². The monoisotopic (exact) mass is 330 g/mol. The van der Waals surface area contributed by atoms with Crippen LogP contribution in [-0.2, 0) is 19.2 Å². The van der Waals surface area contributed by atoms with Gasteiger partial charge in [-0.1, -0.05) is 0 Å². The van der Waals surface area contributed by atoms with Crippen LogP contribution in [0.4, 0.5) is 0 Å². The Hall–Kier alpha value is -2.20. The van der Waals surface area contributed by atoms with Crippen LogP contribution in [0.5, 0.6) is 0 Å². The highest BCUT2D eigenvalue weighted by atomic mass is 16.4. The molecule has 0 bridgehead atoms. The number of hydrogen-bond acceptors (Lipinski definition) is 6. The number of rotatable bonds is 9. The number of amides is 3. The largest absolute Gasteiger partial charge is 0.480 e. The quantitative estimate of drug-likeness (QED) is 0.262. The molecule has 3 amide bonds. The molecule has 0 radical (unpaired) electrons. The second kappa shape index (κ2) is 9.06. The van der Waals surface area contributed by atoms with Crippen molar-refractivity contribution in [2.24, 2.45) is 5.73 Å². The number of nitrogens with one attached hydrogen (secondary N) is 3. The average Bonchev–Trinajstić information content (AvgIpc) is 3.02. The van der Waals surface area contributed by atoms with E-state index in [1.54, 1.807) is 0 Å². The minimum atomic E-state index is -1.33. The highest BCUT2D eigenvalue weighted by Crippen LogP contribution is 2.05. The van der Waals surface area contributed by atoms with Crippen molar-refractivity contribution >= 4 is 23.7 Å². The number of hydrogen-bond donors (Lipinski definition) is 6. The first-order valence-corrected chi connectivity index (χ1v) is 7.31. The maximum Gasteiger partial charge on any atom is 0.326 e. The van der Waals surface area contributed by atoms with Crippen LogP contribution in [0.15, 0.2) is 0 Å². The standard InChI is InChI=1S/C13H22N4O6/c14-10(19)4-3-8(13(22)23)16-12(21)9(6-18)17-11(20)7-2-1-5-15-7/h7-9,15,18H,1-6H2,(H2,14,19)(H,16,21)(H,17,20)(H,22,23)/t7-,8-,9-/m0/s1. The van der Waals surface area contributed by atoms with Gasteiger partial charge in [0, 0.05) is 6.42 Å². The molecule has 10 nitrogen and oxygen atoms in total. The Kier molecular flexibility index (Phi) is 7.42. The summed E-state index contributed by atoms with van der Waals surface area (Å²) in [4.78, 5) is 45.7. The van der Waals surface area contributed by atoms with Gasteiger partial charge in [0.15, 0.2) is 0 Å². The number of carboxylic acids is 1. The zero-order valence-corrected chi connectivity index (χ0v) is 12.6. The second-order valence-corrected chi connectivity index (χ2v) is 5.30. The van der Waals surface area contributed by atoms with Crippen molar-refractivity contribution in [2.45, 2.75) is 43.8 Å². The van der Waals surface area contributed by atoms with Crippen LogP contribution >= 0.6 is 0 Å². The molecule has 1 heterocycles. The highest BCUT2D eigenvalue weighted by molar-refractivity contribution is 5.92. The van der Waals surface area contributed by atoms with E-state index >= 15 is 0 Å². The topological polar surface area (TPSA) is 171 Å². The van der Waals surface area contributed by atoms with E-state index in [2.05, 4.69) is 16.0 Å². The van der Waals surface area contributed by atoms with E-state index in [4.69, 9.17) is 10.8 Å². The van der Waals surface area contributed by atoms with Gasteiger partial charge in [-0.2, -0.15) is 0 Å². The molecular weight excluding hydrogens is 308 g/mol. The van der Waals surface area contributed by atoms with Gasteiger partial charge in [-0.25, -0.2) is 4.79 Å². The number of carbonyl (C=O) groups excluding carboxylic acids is 3. The van der Waals surface area contributed by atoms with Gasteiger partial charge in [-0.05, 0) is 25.8 Å². The van der Waals surface area contributed by atoms with Crippen LogP contribution in [0.1, 0.15) is 25.7 Å². The van der Waals surface area contributed by atoms with Crippen molar-refractivity contribution in [3.05, 3.63) is 0 Å². The third-order valence-electron chi connectivity index (χ3n) is 3.49. The number of carboxylic acid groups (broad SMARTS) is 1. The van der Waals surface area contributed by atoms with Gasteiger partial charge in [-0.3, -0.25) is 14.4 Å². The Morgan fingerprint density at radius 2 is 1.91 bits per heavy atom. The van der Waals surface area contributed by atoms with Crippen molar-refractivity contribution in [3.63, 3.8) is 0 Å². The highest BCUT2D eigenvalue weighted by Gasteiger charge is 2.29. The number of primary amides is 1. The summed E-state index contributed by atoms with van der Waals surface area (Å²) >= 11 is 0. The molecule has 0 unspecified atom stereocenters. The summed E-state index contributed by atoms with van der Waals surface area (Å²) in [6.45, 7) is 0.0226. The molecule has 0 aliphatic carbocycles. The lowest BCUT2D eigenvalue weighted by Gasteiger charge is -2.21. The zero-order chi connectivity index (χ0) is 17.4. The molecule has 1 aliphatic heterocycles. The molecule has 23 heavy (non-hydrogen) atoms. The maximum absolute atomic E-state index is 12.0. The molecule has 1 fully saturated rings. The normalized spacial score (nSPS) is 19.6. The van der Waals surface area contributed by atoms with Crippen molar-refractivity contribution in [2.75, 3.05) is 13.2 Å². The summed E-state index contributed by atoms with van der Waals surface area (Å²) in [6.07, 6.45) is 1.08. The van der Waals surface area contributed by atoms with Crippen LogP contribution in [-0.4, -0.2) is 65.2 Å². The molecule has 1 saturated heterocycles. The van der Waals surface area contributed by atoms with Crippen LogP contribution in [0.3, 0.4) is 0 Å². The van der Waals surface area contributed by atoms with E-state index < -0.39 is 48.4 Å². The van der Waals surface area contributed by atoms with E-state index in [1.807, 2.05) is 0 Å². The molecule has 0 spiro atoms. The summed E-state index contributed by atoms with van der Waals surface area (Å²) in [5.41, 5.74) is 4.94. The lowest BCUT2D eigenvalue weighted by molar-refractivity contribution is -0.142. The first kappa shape index (κ1) is 18.8. The van der Waals surface area contributed by atoms with Crippen LogP contribution in [0.2, 0.25) is 0 Å². The van der Waals surface area contributed by atoms with E-state index in [9.17, 15) is 24.3 Å². The van der Waals surface area contributed by atoms with Gasteiger partial charge in [0.25, 0.3) is 0 Å². The number of aliphatic hydroxyl groups is 1. The average molecular weight is 330 g/mol. The predicted molar refractivity (Wildman–Crippen MR) is 78.0 cm³/mol. The second-order valence-electron chi connectivity index (χ2n) is 5.30. The van der Waals surface area contributed by atoms with Crippen molar-refractivity contribution < 1.29 is 29.4 Å². The molecule has 0 aromatic rings. The lowest BCUT2D eigenvalue weighted by Crippen LogP contribution is -2.55. The zero-order valence-electron chi connectivity index (χ0n) is 12.6. The van der Waals surface area contributed by atoms with E-state index in [1.165, 1.54) is 0 Å². The minimum Gasteiger partial charge on any atom is -0.480 e. The molecule has 0 saturated carbocycles. The smallest absolute Gasteiger partial charge is 0.326 e. The summed E-state index contributed by atoms with van der Waals surface area (Å²) in [5.74, 6) is -3.29. The van der Waals surface area contributed by atoms with E-state index in [0.717, 1.165) is 6.42 Å². The molecule has 10 heteroatoms. The van der Waals surface area contributed by atoms with Gasteiger partial charge in [0.05, 0.1) is 12.6 Å². The fourth-order valence-electron chi connectivity index (χ4n) is 2.19. The minimum absolute atomic E-state index is 0.174. The third-order valence-corrected chi connectivity index (χ3v) is 3.49. The summed E-state index contributed by atoms with van der Waals surface area (Å²) in [7, 11) is 0. The summed E-state index contributed by atoms with van der Waals surface area (Å²) in [6, 6.07) is -3.02. The fourth-order valence-corrected chi connectivity index (χ4v) is 2.19. The summed E-state index contributed by atoms with van der Waals surface area (Å²) in [5, 5.41) is 25.8. The molecule has 0 aromatic carbocycles. The number of aliphatic carboxylic acids is 1. The van der Waals surface area contributed by atoms with E-state index in [-0.39, 0.29) is 12.8 Å². The van der Waals surface area contributed by atoms with Crippen LogP contribution < -0.4 is 21.7 Å². The van der Waals surface area contributed by atoms with Crippen molar-refractivity contribution in [1.29, 1.82) is 0 Å². The predicted octanol–water partition coefficient (Wildman–Crippen LogP) is -2.95. The Morgan fingerprint density at radius 3 is 2.39 bits per heavy atom. The van der Waals surface area contributed by atoms with Gasteiger partial charge < -0.3 is 31.9 Å². The molecule has 3 atom stereocenters. The van der Waals surface area contributed by atoms with Crippen molar-refractivity contribution in [1.82, 2.24) is 16.0 Å². The first-order chi connectivity index (χ1) is 10.8. The number of aliphatic hydroxyl groups excluding tert-OH is 1. The Morgan fingerprint density at radius 1 is 1.22 bits per heavy atom. The lowest BCUT2D eigenvalue weighted by atomic mass is 10.1. The molecule has 130 valence electrons. The van der Waals surface area contributed by atoms with Crippen LogP contribution in [0.25, 0.3) is 0 Å². The van der Waals surface area contributed by atoms with Crippen LogP contribution in [0, 0.1) is 0 Å². The molecular formula is C13H22N4O6. The Labute approximate surface area is 132 Å². The first-order valence-electron chi connectivity index (χ1n) is 7.31. The molecule has 7 N–H and O–H groups in total. The third kappa shape index (κ3) is 6.20. The maximum atomic E-state index is 12.0. The van der Waals surface area contributed by atoms with E-state index in [0.29, 0.717) is 13.0 Å². The Bertz CT molecular complexity index is 463. The number of nitrogens with two attached hydrogens (primary N) is 1. The van der Waals surface area contributed by atoms with Gasteiger partial charge in [0.2, 0.25) is 17.7 Å². The molecule has 1 rings (SSSR count). The van der Waals surface area contributed by atoms with Crippen molar-refractivity contribution in [3.8, 4) is 0 Å². The van der Waals surface area contributed by atoms with Gasteiger partial charge in [-0.15, -0.1) is 0 Å². The molecule has 0 aromatic heterocycles. The molecule has 1 aliphatic rings. The fraction of sp³-hybridized carbons (Fsp3) is 0.692. The summed E-state index contributed by atoms with van der Waals surface area (Å²) < 4.78 is 0. The SMILES string of the molecule is NC(=O)CC[C@H](NC(=O)[C@H](CO)NC(=O)[C@@H]1CCCN1)C(=O)O. The number of carbonyl (C=O) groups is 4. The Balaban J connectivity index is 2.57.